The Hall–Kier alpha value is -5.00. The molecule has 0 aromatic heterocycles. The number of anilines is 1. The summed E-state index contributed by atoms with van der Waals surface area (Å²) in [6, 6.07) is 34.3. The molecule has 0 radical (unpaired) electrons. The molecule has 10 nitrogen and oxygen atoms in total. The molecule has 10 heteroatoms. The molecule has 1 spiro atoms. The Morgan fingerprint density at radius 1 is 0.942 bits per heavy atom. The maximum Gasteiger partial charge on any atom is 0.407 e. The molecule has 3 fully saturated rings. The van der Waals surface area contributed by atoms with Crippen molar-refractivity contribution >= 4 is 17.7 Å². The minimum atomic E-state index is -0.586. The Morgan fingerprint density at radius 3 is 2.38 bits per heavy atom. The van der Waals surface area contributed by atoms with Crippen LogP contribution in [0.1, 0.15) is 53.9 Å². The van der Waals surface area contributed by atoms with E-state index < -0.39 is 17.9 Å². The minimum Gasteiger partial charge on any atom is -0.445 e. The number of hydrogen-bond acceptors (Lipinski definition) is 8. The van der Waals surface area contributed by atoms with Crippen LogP contribution < -0.4 is 15.5 Å². The number of ether oxygens (including phenoxy) is 3. The summed E-state index contributed by atoms with van der Waals surface area (Å²) >= 11 is 0. The summed E-state index contributed by atoms with van der Waals surface area (Å²) in [6.45, 7) is 6.87. The fraction of sp³-hybridized carbons (Fsp3) is 0.333. The van der Waals surface area contributed by atoms with Gasteiger partial charge in [-0.15, -0.1) is 0 Å². The summed E-state index contributed by atoms with van der Waals surface area (Å²) in [7, 11) is 0. The maximum absolute atomic E-state index is 13.3. The van der Waals surface area contributed by atoms with E-state index in [9.17, 15) is 14.7 Å². The summed E-state index contributed by atoms with van der Waals surface area (Å²) in [6.07, 6.45) is 2.30. The second-order valence-corrected chi connectivity index (χ2v) is 13.6. The number of nitrogens with one attached hydrogen (secondary N) is 2. The average Bonchev–Trinajstić information content (AvgIpc) is 3.51. The van der Waals surface area contributed by atoms with E-state index in [0.717, 1.165) is 71.5 Å². The van der Waals surface area contributed by atoms with Gasteiger partial charge in [0.25, 0.3) is 0 Å². The molecule has 3 atom stereocenters. The number of piperidine rings is 1. The van der Waals surface area contributed by atoms with Crippen LogP contribution in [-0.2, 0) is 32.2 Å². The quantitative estimate of drug-likeness (QED) is 0.158. The Morgan fingerprint density at radius 2 is 1.65 bits per heavy atom. The molecular formula is C42H46N4O6. The van der Waals surface area contributed by atoms with Gasteiger partial charge in [0.05, 0.1) is 25.5 Å². The first kappa shape index (κ1) is 35.4. The monoisotopic (exact) mass is 702 g/mol. The van der Waals surface area contributed by atoms with Crippen molar-refractivity contribution in [1.82, 2.24) is 15.5 Å². The molecule has 0 bridgehead atoms. The Balaban J connectivity index is 1.06. The minimum absolute atomic E-state index is 0.0126. The summed E-state index contributed by atoms with van der Waals surface area (Å²) in [5.41, 5.74) is 6.31. The number of carbonyl (C=O) groups is 2. The molecule has 3 aliphatic rings. The smallest absolute Gasteiger partial charge is 0.407 e. The number of amides is 2. The van der Waals surface area contributed by atoms with Gasteiger partial charge in [-0.2, -0.15) is 0 Å². The van der Waals surface area contributed by atoms with Crippen molar-refractivity contribution in [2.45, 2.75) is 56.5 Å². The van der Waals surface area contributed by atoms with Gasteiger partial charge in [-0.3, -0.25) is 4.79 Å². The average molecular weight is 703 g/mol. The summed E-state index contributed by atoms with van der Waals surface area (Å²) < 4.78 is 18.4. The largest absolute Gasteiger partial charge is 0.445 e. The zero-order valence-corrected chi connectivity index (χ0v) is 29.3. The number of hydrogen-bond donors (Lipinski definition) is 3. The molecule has 3 unspecified atom stereocenters. The summed E-state index contributed by atoms with van der Waals surface area (Å²) in [4.78, 5) is 30.0. The van der Waals surface area contributed by atoms with Crippen molar-refractivity contribution in [3.05, 3.63) is 138 Å². The molecule has 3 aliphatic heterocycles. The van der Waals surface area contributed by atoms with E-state index in [1.807, 2.05) is 78.9 Å². The van der Waals surface area contributed by atoms with Crippen LogP contribution in [-0.4, -0.2) is 66.6 Å². The van der Waals surface area contributed by atoms with E-state index >= 15 is 0 Å². The van der Waals surface area contributed by atoms with Gasteiger partial charge in [-0.05, 0) is 52.8 Å². The third-order valence-electron chi connectivity index (χ3n) is 10.4. The van der Waals surface area contributed by atoms with Crippen LogP contribution in [0.15, 0.2) is 116 Å². The molecule has 3 heterocycles. The van der Waals surface area contributed by atoms with E-state index in [1.54, 1.807) is 0 Å². The zero-order valence-electron chi connectivity index (χ0n) is 29.3. The molecule has 3 N–H and O–H groups in total. The van der Waals surface area contributed by atoms with E-state index in [-0.39, 0.29) is 31.3 Å². The topological polar surface area (TPSA) is 113 Å². The second-order valence-electron chi connectivity index (χ2n) is 13.6. The van der Waals surface area contributed by atoms with Gasteiger partial charge in [0.2, 0.25) is 5.91 Å². The van der Waals surface area contributed by atoms with Gasteiger partial charge in [0, 0.05) is 43.9 Å². The fourth-order valence-corrected chi connectivity index (χ4v) is 7.59. The van der Waals surface area contributed by atoms with Crippen molar-refractivity contribution in [1.29, 1.82) is 0 Å². The Labute approximate surface area is 305 Å². The van der Waals surface area contributed by atoms with Crippen LogP contribution in [0.2, 0.25) is 0 Å². The van der Waals surface area contributed by atoms with Crippen LogP contribution in [0, 0.1) is 0 Å². The van der Waals surface area contributed by atoms with Crippen LogP contribution in [0.4, 0.5) is 10.5 Å². The van der Waals surface area contributed by atoms with E-state index in [0.29, 0.717) is 19.6 Å². The van der Waals surface area contributed by atoms with Crippen molar-refractivity contribution in [3.63, 3.8) is 0 Å². The third-order valence-corrected chi connectivity index (χ3v) is 10.4. The molecule has 3 saturated heterocycles. The number of nitrogens with zero attached hydrogens (tertiary/aromatic N) is 2. The zero-order chi connectivity index (χ0) is 35.9. The van der Waals surface area contributed by atoms with E-state index in [1.165, 1.54) is 6.08 Å². The number of likely N-dealkylation sites (tertiary alicyclic amines) is 1. The molecule has 270 valence electrons. The predicted octanol–water partition coefficient (Wildman–Crippen LogP) is 6.23. The predicted molar refractivity (Wildman–Crippen MR) is 199 cm³/mol. The van der Waals surface area contributed by atoms with Crippen LogP contribution >= 0.6 is 0 Å². The molecule has 7 rings (SSSR count). The lowest BCUT2D eigenvalue weighted by molar-refractivity contribution is -0.253. The van der Waals surface area contributed by atoms with Gasteiger partial charge in [0.15, 0.2) is 6.29 Å². The highest BCUT2D eigenvalue weighted by molar-refractivity contribution is 5.93. The number of benzene rings is 4. The number of para-hydroxylation sites is 1. The number of alkyl carbamates (subject to hydrolysis) is 1. The van der Waals surface area contributed by atoms with Gasteiger partial charge >= 0.3 is 6.09 Å². The summed E-state index contributed by atoms with van der Waals surface area (Å²) in [5, 5.41) is 15.5. The standard InChI is InChI=1S/C42H46N4O6/c1-2-24-50-41(49)43-26-34-8-6-7-11-37(34)31-16-18-33(19-17-31)39-51-36(25-38(52-39)32-14-12-30(28-47)13-15-32)27-45-22-20-42(21-23-45)40(48)44-29-46(42)35-9-4-3-5-10-35/h2-19,36,38-39,47H,1,20-29H2,(H,43,49)(H,44,48). The van der Waals surface area contributed by atoms with Crippen molar-refractivity contribution in [3.8, 4) is 11.1 Å². The van der Waals surface area contributed by atoms with Gasteiger partial charge in [-0.25, -0.2) is 4.79 Å². The molecule has 0 aliphatic carbocycles. The van der Waals surface area contributed by atoms with E-state index in [4.69, 9.17) is 14.2 Å². The van der Waals surface area contributed by atoms with Crippen molar-refractivity contribution < 1.29 is 28.9 Å². The highest BCUT2D eigenvalue weighted by atomic mass is 16.7. The number of aliphatic hydroxyl groups excluding tert-OH is 1. The molecule has 0 saturated carbocycles. The molecule has 4 aromatic carbocycles. The Kier molecular flexibility index (Phi) is 11.0. The van der Waals surface area contributed by atoms with Crippen molar-refractivity contribution in [2.24, 2.45) is 0 Å². The van der Waals surface area contributed by atoms with Gasteiger partial charge < -0.3 is 39.8 Å². The third kappa shape index (κ3) is 7.75. The lowest BCUT2D eigenvalue weighted by Crippen LogP contribution is -2.57. The van der Waals surface area contributed by atoms with Crippen molar-refractivity contribution in [2.75, 3.05) is 37.8 Å². The molecule has 2 amide bonds. The number of carbonyl (C=O) groups excluding carboxylic acids is 2. The van der Waals surface area contributed by atoms with Gasteiger partial charge in [0.1, 0.15) is 12.1 Å². The van der Waals surface area contributed by atoms with E-state index in [2.05, 4.69) is 51.3 Å². The highest BCUT2D eigenvalue weighted by Crippen LogP contribution is 2.40. The highest BCUT2D eigenvalue weighted by Gasteiger charge is 2.50. The first-order chi connectivity index (χ1) is 25.5. The maximum atomic E-state index is 13.3. The Bertz CT molecular complexity index is 1830. The number of rotatable bonds is 11. The fourth-order valence-electron chi connectivity index (χ4n) is 7.59. The van der Waals surface area contributed by atoms with Crippen LogP contribution in [0.25, 0.3) is 11.1 Å². The summed E-state index contributed by atoms with van der Waals surface area (Å²) in [5.74, 6) is 0.109. The lowest BCUT2D eigenvalue weighted by Gasteiger charge is -2.45. The molecule has 52 heavy (non-hydrogen) atoms. The van der Waals surface area contributed by atoms with Crippen LogP contribution in [0.5, 0.6) is 0 Å². The second kappa shape index (κ2) is 16.1. The first-order valence-electron chi connectivity index (χ1n) is 18.0. The molecule has 4 aromatic rings. The first-order valence-corrected chi connectivity index (χ1v) is 18.0. The number of aliphatic hydroxyl groups is 1. The SMILES string of the molecule is C=CCOC(=O)NCc1ccccc1-c1ccc(C2OC(CN3CCC4(CC3)C(=O)NCN4c3ccccc3)CC(c3ccc(CO)cc3)O2)cc1. The van der Waals surface area contributed by atoms with Gasteiger partial charge in [-0.1, -0.05) is 104 Å². The normalized spacial score (nSPS) is 21.4. The van der Waals surface area contributed by atoms with Crippen LogP contribution in [0.3, 0.4) is 0 Å². The molecular weight excluding hydrogens is 656 g/mol. The lowest BCUT2D eigenvalue weighted by atomic mass is 9.85.